The summed E-state index contributed by atoms with van der Waals surface area (Å²) >= 11 is 0. The molecule has 2 aromatic carbocycles. The predicted molar refractivity (Wildman–Crippen MR) is 122 cm³/mol. The summed E-state index contributed by atoms with van der Waals surface area (Å²) in [6.07, 6.45) is 7.34. The zero-order valence-electron chi connectivity index (χ0n) is 17.8. The average Bonchev–Trinajstić information content (AvgIpc) is 2.66. The van der Waals surface area contributed by atoms with E-state index in [1.807, 2.05) is 0 Å². The molecular weight excluding hydrogens is 355 g/mol. The summed E-state index contributed by atoms with van der Waals surface area (Å²) in [6.45, 7) is 14.8. The fraction of sp³-hybridized carbons (Fsp3) is 0.407. The lowest BCUT2D eigenvalue weighted by Crippen LogP contribution is -2.58. The maximum atomic E-state index is 2.52. The maximum absolute atomic E-state index is 2.52. The Bertz CT molecular complexity index is 1110. The lowest BCUT2D eigenvalue weighted by Gasteiger charge is -2.59. The van der Waals surface area contributed by atoms with E-state index in [0.717, 1.165) is 0 Å². The van der Waals surface area contributed by atoms with Crippen molar-refractivity contribution in [1.82, 2.24) is 0 Å². The SMILES string of the molecule is CC1(C)C2=CC=CC3C2P2c4c1cccc4C(C)(C)c1cccc(c12)C3(C)C. The van der Waals surface area contributed by atoms with Crippen molar-refractivity contribution < 1.29 is 0 Å². The van der Waals surface area contributed by atoms with Crippen LogP contribution in [0.5, 0.6) is 0 Å². The Kier molecular flexibility index (Phi) is 3.02. The molecule has 0 nitrogen and oxygen atoms in total. The maximum Gasteiger partial charge on any atom is 0.0164 e. The molecule has 6 rings (SSSR count). The van der Waals surface area contributed by atoms with Crippen molar-refractivity contribution in [3.63, 3.8) is 0 Å². The van der Waals surface area contributed by atoms with Gasteiger partial charge in [-0.3, -0.25) is 0 Å². The molecular formula is C27H29P. The van der Waals surface area contributed by atoms with Gasteiger partial charge in [0.2, 0.25) is 0 Å². The summed E-state index contributed by atoms with van der Waals surface area (Å²) in [5.74, 6) is 0.586. The second-order valence-electron chi connectivity index (χ2n) is 10.7. The van der Waals surface area contributed by atoms with Crippen molar-refractivity contribution in [3.8, 4) is 0 Å². The van der Waals surface area contributed by atoms with Crippen LogP contribution in [0, 0.1) is 5.92 Å². The Morgan fingerprint density at radius 2 is 1.25 bits per heavy atom. The first-order valence-corrected chi connectivity index (χ1v) is 12.1. The van der Waals surface area contributed by atoms with E-state index < -0.39 is 0 Å². The third-order valence-corrected chi connectivity index (χ3v) is 11.4. The summed E-state index contributed by atoms with van der Waals surface area (Å²) in [5, 5.41) is 3.43. The third-order valence-electron chi connectivity index (χ3n) is 8.35. The number of benzene rings is 2. The van der Waals surface area contributed by atoms with Gasteiger partial charge in [0.15, 0.2) is 0 Å². The molecule has 0 saturated heterocycles. The number of rotatable bonds is 0. The van der Waals surface area contributed by atoms with Gasteiger partial charge >= 0.3 is 0 Å². The van der Waals surface area contributed by atoms with Crippen LogP contribution >= 0.6 is 7.92 Å². The van der Waals surface area contributed by atoms with E-state index in [0.29, 0.717) is 11.6 Å². The van der Waals surface area contributed by atoms with Gasteiger partial charge in [-0.25, -0.2) is 0 Å². The Balaban J connectivity index is 1.84. The van der Waals surface area contributed by atoms with Gasteiger partial charge in [-0.05, 0) is 52.1 Å². The minimum Gasteiger partial charge on any atom is -0.0796 e. The largest absolute Gasteiger partial charge is 0.0796 e. The summed E-state index contributed by atoms with van der Waals surface area (Å²) in [4.78, 5) is 0. The normalized spacial score (nSPS) is 31.1. The van der Waals surface area contributed by atoms with E-state index in [2.05, 4.69) is 96.2 Å². The highest BCUT2D eigenvalue weighted by molar-refractivity contribution is 7.74. The van der Waals surface area contributed by atoms with Crippen molar-refractivity contribution in [3.05, 3.63) is 82.5 Å². The molecule has 0 spiro atoms. The fourth-order valence-corrected chi connectivity index (χ4v) is 11.4. The van der Waals surface area contributed by atoms with Crippen molar-refractivity contribution in [1.29, 1.82) is 0 Å². The van der Waals surface area contributed by atoms with E-state index in [1.54, 1.807) is 38.4 Å². The summed E-state index contributed by atoms with van der Waals surface area (Å²) in [5.41, 5.74) is 9.01. The molecule has 3 unspecified atom stereocenters. The minimum atomic E-state index is -0.359. The topological polar surface area (TPSA) is 0 Å². The third kappa shape index (κ3) is 1.70. The lowest BCUT2D eigenvalue weighted by atomic mass is 9.62. The first-order valence-electron chi connectivity index (χ1n) is 10.6. The molecule has 0 bridgehead atoms. The van der Waals surface area contributed by atoms with Crippen LogP contribution in [0.25, 0.3) is 0 Å². The van der Waals surface area contributed by atoms with Crippen molar-refractivity contribution in [2.24, 2.45) is 5.92 Å². The van der Waals surface area contributed by atoms with Gasteiger partial charge in [-0.1, -0.05) is 102 Å². The van der Waals surface area contributed by atoms with Gasteiger partial charge in [0.25, 0.3) is 0 Å². The Morgan fingerprint density at radius 1 is 0.714 bits per heavy atom. The van der Waals surface area contributed by atoms with Crippen LogP contribution in [0.4, 0.5) is 0 Å². The monoisotopic (exact) mass is 384 g/mol. The molecule has 0 radical (unpaired) electrons. The quantitative estimate of drug-likeness (QED) is 0.502. The van der Waals surface area contributed by atoms with Crippen molar-refractivity contribution >= 4 is 18.5 Å². The second kappa shape index (κ2) is 4.91. The standard InChI is InChI=1S/C27H29P/c1-25(2)16-10-7-12-18-22(16)28-23-17(25)11-8-13-19(23)27(5,6)21-15-9-14-20(24(21)28)26(18,3)4/h7-16,22H,1-6H3. The van der Waals surface area contributed by atoms with Crippen LogP contribution in [0.3, 0.4) is 0 Å². The molecule has 1 aliphatic carbocycles. The van der Waals surface area contributed by atoms with Crippen molar-refractivity contribution in [2.75, 3.05) is 0 Å². The molecule has 28 heavy (non-hydrogen) atoms. The summed E-state index contributed by atoms with van der Waals surface area (Å²) in [7, 11) is -0.359. The molecule has 3 atom stereocenters. The highest BCUT2D eigenvalue weighted by Crippen LogP contribution is 2.67. The molecule has 0 amide bonds. The van der Waals surface area contributed by atoms with Crippen LogP contribution in [-0.2, 0) is 16.2 Å². The zero-order chi connectivity index (χ0) is 19.6. The fourth-order valence-electron chi connectivity index (χ4n) is 6.70. The molecule has 1 heteroatoms. The Morgan fingerprint density at radius 3 is 1.89 bits per heavy atom. The second-order valence-corrected chi connectivity index (χ2v) is 12.9. The average molecular weight is 385 g/mol. The summed E-state index contributed by atoms with van der Waals surface area (Å²) < 4.78 is 0. The van der Waals surface area contributed by atoms with Gasteiger partial charge in [-0.2, -0.15) is 0 Å². The molecule has 2 aromatic rings. The first kappa shape index (κ1) is 17.2. The number of hydrogen-bond acceptors (Lipinski definition) is 0. The Hall–Kier alpha value is -1.65. The summed E-state index contributed by atoms with van der Waals surface area (Å²) in [6, 6.07) is 14.3. The van der Waals surface area contributed by atoms with Crippen molar-refractivity contribution in [2.45, 2.75) is 63.4 Å². The number of allylic oxidation sites excluding steroid dienone is 4. The molecule has 0 N–H and O–H groups in total. The smallest absolute Gasteiger partial charge is 0.0164 e. The molecule has 142 valence electrons. The van der Waals surface area contributed by atoms with Crippen LogP contribution < -0.4 is 10.6 Å². The highest BCUT2D eigenvalue weighted by Gasteiger charge is 2.58. The van der Waals surface area contributed by atoms with Crippen LogP contribution in [0.15, 0.2) is 60.2 Å². The van der Waals surface area contributed by atoms with E-state index in [9.17, 15) is 0 Å². The van der Waals surface area contributed by atoms with E-state index in [-0.39, 0.29) is 24.2 Å². The van der Waals surface area contributed by atoms with E-state index in [1.165, 1.54) is 0 Å². The molecule has 4 aliphatic rings. The van der Waals surface area contributed by atoms with Gasteiger partial charge < -0.3 is 0 Å². The van der Waals surface area contributed by atoms with Crippen LogP contribution in [0.2, 0.25) is 0 Å². The zero-order valence-corrected chi connectivity index (χ0v) is 18.7. The molecule has 0 saturated carbocycles. The van der Waals surface area contributed by atoms with E-state index in [4.69, 9.17) is 0 Å². The number of hydrogen-bond donors (Lipinski definition) is 0. The predicted octanol–water partition coefficient (Wildman–Crippen LogP) is 5.82. The highest BCUT2D eigenvalue weighted by atomic mass is 31.1. The Labute approximate surface area is 170 Å². The van der Waals surface area contributed by atoms with E-state index >= 15 is 0 Å². The van der Waals surface area contributed by atoms with Gasteiger partial charge in [0.05, 0.1) is 0 Å². The lowest BCUT2D eigenvalue weighted by molar-refractivity contribution is 0.360. The molecule has 0 aromatic heterocycles. The molecule has 3 aliphatic heterocycles. The van der Waals surface area contributed by atoms with Gasteiger partial charge in [0.1, 0.15) is 0 Å². The molecule has 3 heterocycles. The minimum absolute atomic E-state index is 0.0697. The van der Waals surface area contributed by atoms with Gasteiger partial charge in [-0.15, -0.1) is 0 Å². The van der Waals surface area contributed by atoms with Crippen LogP contribution in [-0.4, -0.2) is 5.66 Å². The van der Waals surface area contributed by atoms with Gasteiger partial charge in [0, 0.05) is 16.5 Å². The van der Waals surface area contributed by atoms with Crippen LogP contribution in [0.1, 0.15) is 63.8 Å². The first-order chi connectivity index (χ1) is 13.2. The molecule has 0 fully saturated rings.